The van der Waals surface area contributed by atoms with Gasteiger partial charge in [0.05, 0.1) is 6.10 Å². The van der Waals surface area contributed by atoms with E-state index >= 15 is 0 Å². The molecule has 0 saturated heterocycles. The van der Waals surface area contributed by atoms with Crippen LogP contribution in [0.2, 0.25) is 0 Å². The highest BCUT2D eigenvalue weighted by atomic mass is 16.3. The highest BCUT2D eigenvalue weighted by molar-refractivity contribution is 5.10. The Labute approximate surface area is 105 Å². The first-order valence-corrected chi connectivity index (χ1v) is 6.90. The molecule has 1 rings (SSSR count). The number of unbranched alkanes of at least 4 members (excludes halogenated alkanes) is 5. The zero-order valence-corrected chi connectivity index (χ0v) is 10.9. The van der Waals surface area contributed by atoms with Crippen LogP contribution in [-0.2, 0) is 6.42 Å². The third-order valence-corrected chi connectivity index (χ3v) is 3.11. The fourth-order valence-corrected chi connectivity index (χ4v) is 2.05. The van der Waals surface area contributed by atoms with Crippen LogP contribution in [-0.4, -0.2) is 16.2 Å². The van der Waals surface area contributed by atoms with E-state index in [4.69, 9.17) is 0 Å². The smallest absolute Gasteiger partial charge is 0.0580 e. The van der Waals surface area contributed by atoms with E-state index in [1.807, 2.05) is 12.1 Å². The van der Waals surface area contributed by atoms with Gasteiger partial charge in [-0.3, -0.25) is 4.98 Å². The van der Waals surface area contributed by atoms with Crippen molar-refractivity contribution in [2.45, 2.75) is 64.4 Å². The maximum absolute atomic E-state index is 9.88. The lowest BCUT2D eigenvalue weighted by atomic mass is 10.0. The summed E-state index contributed by atoms with van der Waals surface area (Å²) in [6.45, 7) is 2.23. The minimum absolute atomic E-state index is 0.191. The van der Waals surface area contributed by atoms with Crippen LogP contribution in [0.4, 0.5) is 0 Å². The summed E-state index contributed by atoms with van der Waals surface area (Å²) < 4.78 is 0. The molecule has 1 aromatic heterocycles. The van der Waals surface area contributed by atoms with Gasteiger partial charge in [-0.15, -0.1) is 0 Å². The van der Waals surface area contributed by atoms with Crippen molar-refractivity contribution in [1.82, 2.24) is 4.98 Å². The van der Waals surface area contributed by atoms with Crippen molar-refractivity contribution in [3.05, 3.63) is 30.1 Å². The van der Waals surface area contributed by atoms with E-state index in [9.17, 15) is 5.11 Å². The standard InChI is InChI=1S/C15H25NO/c1-2-3-4-5-6-7-8-15(17)13-14-9-11-16-12-10-14/h9-12,15,17H,2-8,13H2,1H3. The molecule has 1 atom stereocenters. The number of hydrogen-bond donors (Lipinski definition) is 1. The first-order chi connectivity index (χ1) is 8.33. The topological polar surface area (TPSA) is 33.1 Å². The van der Waals surface area contributed by atoms with Gasteiger partial charge < -0.3 is 5.11 Å². The van der Waals surface area contributed by atoms with Crippen LogP contribution in [0.25, 0.3) is 0 Å². The molecule has 0 fully saturated rings. The van der Waals surface area contributed by atoms with E-state index in [1.165, 1.54) is 37.7 Å². The quantitative estimate of drug-likeness (QED) is 0.661. The number of hydrogen-bond acceptors (Lipinski definition) is 2. The van der Waals surface area contributed by atoms with Gasteiger partial charge in [-0.2, -0.15) is 0 Å². The molecular formula is C15H25NO. The van der Waals surface area contributed by atoms with Gasteiger partial charge in [0.1, 0.15) is 0 Å². The van der Waals surface area contributed by atoms with Gasteiger partial charge in [-0.1, -0.05) is 45.4 Å². The monoisotopic (exact) mass is 235 g/mol. The predicted octanol–water partition coefficient (Wildman–Crippen LogP) is 3.74. The third-order valence-electron chi connectivity index (χ3n) is 3.11. The van der Waals surface area contributed by atoms with Gasteiger partial charge >= 0.3 is 0 Å². The molecule has 0 aromatic carbocycles. The van der Waals surface area contributed by atoms with Crippen LogP contribution in [0.1, 0.15) is 57.4 Å². The van der Waals surface area contributed by atoms with Crippen molar-refractivity contribution in [2.75, 3.05) is 0 Å². The van der Waals surface area contributed by atoms with E-state index in [1.54, 1.807) is 12.4 Å². The average Bonchev–Trinajstić information content (AvgIpc) is 2.35. The number of aliphatic hydroxyl groups is 1. The predicted molar refractivity (Wildman–Crippen MR) is 71.9 cm³/mol. The molecule has 1 heterocycles. The van der Waals surface area contributed by atoms with Crippen LogP contribution < -0.4 is 0 Å². The van der Waals surface area contributed by atoms with Crippen LogP contribution in [0.5, 0.6) is 0 Å². The number of pyridine rings is 1. The Kier molecular flexibility index (Phi) is 7.65. The van der Waals surface area contributed by atoms with E-state index < -0.39 is 0 Å². The maximum atomic E-state index is 9.88. The minimum atomic E-state index is -0.191. The number of aliphatic hydroxyl groups excluding tert-OH is 1. The first-order valence-electron chi connectivity index (χ1n) is 6.90. The number of rotatable bonds is 9. The third kappa shape index (κ3) is 7.11. The van der Waals surface area contributed by atoms with Gasteiger partial charge in [-0.05, 0) is 30.5 Å². The Morgan fingerprint density at radius 1 is 1.06 bits per heavy atom. The van der Waals surface area contributed by atoms with Crippen molar-refractivity contribution >= 4 is 0 Å². The summed E-state index contributed by atoms with van der Waals surface area (Å²) >= 11 is 0. The Morgan fingerprint density at radius 3 is 2.41 bits per heavy atom. The maximum Gasteiger partial charge on any atom is 0.0580 e. The highest BCUT2D eigenvalue weighted by Gasteiger charge is 2.04. The first kappa shape index (κ1) is 14.2. The molecule has 0 aliphatic carbocycles. The van der Waals surface area contributed by atoms with E-state index in [-0.39, 0.29) is 6.10 Å². The van der Waals surface area contributed by atoms with Gasteiger partial charge in [0.2, 0.25) is 0 Å². The van der Waals surface area contributed by atoms with Crippen molar-refractivity contribution < 1.29 is 5.11 Å². The molecule has 2 nitrogen and oxygen atoms in total. The van der Waals surface area contributed by atoms with E-state index in [0.717, 1.165) is 19.3 Å². The lowest BCUT2D eigenvalue weighted by Gasteiger charge is -2.10. The molecule has 1 N–H and O–H groups in total. The Morgan fingerprint density at radius 2 is 1.71 bits per heavy atom. The zero-order valence-electron chi connectivity index (χ0n) is 10.9. The second-order valence-corrected chi connectivity index (χ2v) is 4.77. The molecule has 2 heteroatoms. The second kappa shape index (κ2) is 9.17. The van der Waals surface area contributed by atoms with Crippen molar-refractivity contribution in [2.24, 2.45) is 0 Å². The average molecular weight is 235 g/mol. The van der Waals surface area contributed by atoms with Gasteiger partial charge in [-0.25, -0.2) is 0 Å². The Hall–Kier alpha value is -0.890. The summed E-state index contributed by atoms with van der Waals surface area (Å²) in [6, 6.07) is 3.95. The normalized spacial score (nSPS) is 12.6. The van der Waals surface area contributed by atoms with Crippen LogP contribution >= 0.6 is 0 Å². The molecule has 96 valence electrons. The molecule has 0 saturated carbocycles. The Balaban J connectivity index is 2.03. The molecule has 0 amide bonds. The lowest BCUT2D eigenvalue weighted by molar-refractivity contribution is 0.161. The fourth-order valence-electron chi connectivity index (χ4n) is 2.05. The van der Waals surface area contributed by atoms with Gasteiger partial charge in [0.25, 0.3) is 0 Å². The van der Waals surface area contributed by atoms with Crippen LogP contribution in [0.3, 0.4) is 0 Å². The summed E-state index contributed by atoms with van der Waals surface area (Å²) in [4.78, 5) is 3.97. The molecular weight excluding hydrogens is 210 g/mol. The van der Waals surface area contributed by atoms with Crippen LogP contribution in [0.15, 0.2) is 24.5 Å². The van der Waals surface area contributed by atoms with Crippen molar-refractivity contribution in [1.29, 1.82) is 0 Å². The molecule has 0 aliphatic rings. The fraction of sp³-hybridized carbons (Fsp3) is 0.667. The summed E-state index contributed by atoms with van der Waals surface area (Å²) in [5.41, 5.74) is 1.18. The molecule has 0 aliphatic heterocycles. The summed E-state index contributed by atoms with van der Waals surface area (Å²) in [5.74, 6) is 0. The summed E-state index contributed by atoms with van der Waals surface area (Å²) in [6.07, 6.45) is 12.8. The summed E-state index contributed by atoms with van der Waals surface area (Å²) in [7, 11) is 0. The molecule has 1 unspecified atom stereocenters. The second-order valence-electron chi connectivity index (χ2n) is 4.77. The van der Waals surface area contributed by atoms with E-state index in [0.29, 0.717) is 0 Å². The SMILES string of the molecule is CCCCCCCCC(O)Cc1ccncc1. The largest absolute Gasteiger partial charge is 0.393 e. The van der Waals surface area contributed by atoms with E-state index in [2.05, 4.69) is 11.9 Å². The number of aromatic nitrogens is 1. The van der Waals surface area contributed by atoms with Gasteiger partial charge in [0.15, 0.2) is 0 Å². The minimum Gasteiger partial charge on any atom is -0.393 e. The zero-order chi connectivity index (χ0) is 12.3. The molecule has 1 aromatic rings. The Bertz CT molecular complexity index is 274. The molecule has 17 heavy (non-hydrogen) atoms. The van der Waals surface area contributed by atoms with Crippen molar-refractivity contribution in [3.8, 4) is 0 Å². The summed E-state index contributed by atoms with van der Waals surface area (Å²) in [5, 5.41) is 9.88. The van der Waals surface area contributed by atoms with Gasteiger partial charge in [0, 0.05) is 12.4 Å². The molecule has 0 bridgehead atoms. The molecule has 0 radical (unpaired) electrons. The highest BCUT2D eigenvalue weighted by Crippen LogP contribution is 2.11. The van der Waals surface area contributed by atoms with Crippen LogP contribution in [0, 0.1) is 0 Å². The van der Waals surface area contributed by atoms with Crippen molar-refractivity contribution in [3.63, 3.8) is 0 Å². The lowest BCUT2D eigenvalue weighted by Crippen LogP contribution is -2.10. The molecule has 0 spiro atoms. The number of nitrogens with zero attached hydrogens (tertiary/aromatic N) is 1.